The molecule has 0 spiro atoms. The Labute approximate surface area is 198 Å². The predicted octanol–water partition coefficient (Wildman–Crippen LogP) is 7.04. The van der Waals surface area contributed by atoms with Gasteiger partial charge in [-0.3, -0.25) is 0 Å². The van der Waals surface area contributed by atoms with Crippen LogP contribution in [0.3, 0.4) is 0 Å². The second-order valence-corrected chi connectivity index (χ2v) is 8.06. The minimum absolute atomic E-state index is 0.272. The number of hydrogen-bond acceptors (Lipinski definition) is 5. The van der Waals surface area contributed by atoms with Gasteiger partial charge >= 0.3 is 0 Å². The number of halogens is 1. The van der Waals surface area contributed by atoms with Crippen LogP contribution in [-0.2, 0) is 18.9 Å². The molecule has 2 heterocycles. The second kappa shape index (κ2) is 11.1. The number of rotatable bonds is 5. The average molecular weight is 498 g/mol. The summed E-state index contributed by atoms with van der Waals surface area (Å²) in [5, 5.41) is 0. The molecular weight excluding hydrogens is 470 g/mol. The highest BCUT2D eigenvalue weighted by atomic mass is 79.9. The van der Waals surface area contributed by atoms with Crippen LogP contribution in [0.4, 0.5) is 17.1 Å². The van der Waals surface area contributed by atoms with Gasteiger partial charge in [0.1, 0.15) is 0 Å². The van der Waals surface area contributed by atoms with Gasteiger partial charge in [-0.1, -0.05) is 54.0 Å². The molecule has 6 heteroatoms. The molecular formula is C26H28BrNO4. The summed E-state index contributed by atoms with van der Waals surface area (Å²) < 4.78 is 23.5. The van der Waals surface area contributed by atoms with E-state index in [1.807, 2.05) is 26.0 Å². The molecule has 3 aromatic rings. The topological polar surface area (TPSA) is 40.2 Å². The highest BCUT2D eigenvalue weighted by Gasteiger charge is 2.21. The van der Waals surface area contributed by atoms with E-state index in [1.54, 1.807) is 0 Å². The fraction of sp³-hybridized carbons (Fsp3) is 0.308. The summed E-state index contributed by atoms with van der Waals surface area (Å²) in [6.07, 6.45) is -0.545. The van der Waals surface area contributed by atoms with Gasteiger partial charge in [0.15, 0.2) is 12.6 Å². The summed E-state index contributed by atoms with van der Waals surface area (Å²) >= 11 is 3.53. The summed E-state index contributed by atoms with van der Waals surface area (Å²) in [6, 6.07) is 24.9. The molecule has 3 aromatic carbocycles. The van der Waals surface area contributed by atoms with Crippen molar-refractivity contribution in [2.45, 2.75) is 26.4 Å². The Hall–Kier alpha value is -2.22. The maximum atomic E-state index is 5.62. The largest absolute Gasteiger partial charge is 0.346 e. The van der Waals surface area contributed by atoms with Crippen LogP contribution in [0.5, 0.6) is 0 Å². The van der Waals surface area contributed by atoms with Crippen LogP contribution < -0.4 is 4.90 Å². The Balaban J connectivity index is 0.00000119. The van der Waals surface area contributed by atoms with Gasteiger partial charge < -0.3 is 23.8 Å². The predicted molar refractivity (Wildman–Crippen MR) is 129 cm³/mol. The molecule has 2 aliphatic rings. The summed E-state index contributed by atoms with van der Waals surface area (Å²) in [7, 11) is 0. The molecule has 32 heavy (non-hydrogen) atoms. The van der Waals surface area contributed by atoms with Crippen LogP contribution in [0, 0.1) is 0 Å². The minimum Gasteiger partial charge on any atom is -0.346 e. The van der Waals surface area contributed by atoms with Gasteiger partial charge in [0.2, 0.25) is 0 Å². The maximum absolute atomic E-state index is 5.62. The van der Waals surface area contributed by atoms with E-state index in [4.69, 9.17) is 18.9 Å². The zero-order valence-electron chi connectivity index (χ0n) is 18.4. The molecule has 0 unspecified atom stereocenters. The van der Waals surface area contributed by atoms with E-state index in [9.17, 15) is 0 Å². The smallest absolute Gasteiger partial charge is 0.184 e. The Morgan fingerprint density at radius 2 is 0.875 bits per heavy atom. The number of benzene rings is 3. The summed E-state index contributed by atoms with van der Waals surface area (Å²) in [4.78, 5) is 2.22. The lowest BCUT2D eigenvalue weighted by Crippen LogP contribution is -2.10. The number of ether oxygens (including phenoxy) is 4. The van der Waals surface area contributed by atoms with Crippen molar-refractivity contribution < 1.29 is 18.9 Å². The highest BCUT2D eigenvalue weighted by Crippen LogP contribution is 2.37. The molecule has 2 aliphatic heterocycles. The molecule has 168 valence electrons. The molecule has 5 rings (SSSR count). The van der Waals surface area contributed by atoms with Crippen molar-refractivity contribution in [3.63, 3.8) is 0 Å². The van der Waals surface area contributed by atoms with Crippen molar-refractivity contribution in [3.8, 4) is 0 Å². The van der Waals surface area contributed by atoms with E-state index >= 15 is 0 Å². The molecule has 0 radical (unpaired) electrons. The van der Waals surface area contributed by atoms with Crippen molar-refractivity contribution in [2.24, 2.45) is 0 Å². The first kappa shape index (κ1) is 23.0. The van der Waals surface area contributed by atoms with Gasteiger partial charge in [-0.2, -0.15) is 0 Å². The van der Waals surface area contributed by atoms with Crippen molar-refractivity contribution in [2.75, 3.05) is 31.3 Å². The van der Waals surface area contributed by atoms with Crippen LogP contribution in [0.25, 0.3) is 0 Å². The summed E-state index contributed by atoms with van der Waals surface area (Å²) in [5.74, 6) is 0. The lowest BCUT2D eigenvalue weighted by Gasteiger charge is -2.26. The number of anilines is 3. The summed E-state index contributed by atoms with van der Waals surface area (Å²) in [5.41, 5.74) is 5.23. The lowest BCUT2D eigenvalue weighted by atomic mass is 10.1. The molecule has 0 atom stereocenters. The van der Waals surface area contributed by atoms with Crippen molar-refractivity contribution in [1.82, 2.24) is 0 Å². The molecule has 0 bridgehead atoms. The van der Waals surface area contributed by atoms with Gasteiger partial charge in [-0.05, 0) is 48.5 Å². The van der Waals surface area contributed by atoms with Gasteiger partial charge in [0, 0.05) is 32.7 Å². The Morgan fingerprint density at radius 3 is 1.22 bits per heavy atom. The van der Waals surface area contributed by atoms with Crippen molar-refractivity contribution >= 4 is 33.0 Å². The molecule has 0 aromatic heterocycles. The van der Waals surface area contributed by atoms with E-state index < -0.39 is 0 Å². The first-order valence-electron chi connectivity index (χ1n) is 11.0. The van der Waals surface area contributed by atoms with Crippen LogP contribution in [0.1, 0.15) is 37.6 Å². The fourth-order valence-electron chi connectivity index (χ4n) is 3.70. The highest BCUT2D eigenvalue weighted by molar-refractivity contribution is 9.10. The van der Waals surface area contributed by atoms with E-state index in [0.29, 0.717) is 26.4 Å². The Bertz CT molecular complexity index is 905. The molecule has 5 nitrogen and oxygen atoms in total. The first-order chi connectivity index (χ1) is 15.8. The molecule has 0 amide bonds. The average Bonchev–Trinajstić information content (AvgIpc) is 3.58. The SMILES string of the molecule is Brc1ccc(N(c2ccc(C3OCCO3)cc2)c2ccc(C3OCCO3)cc2)cc1.CC. The van der Waals surface area contributed by atoms with Gasteiger partial charge in [-0.15, -0.1) is 0 Å². The van der Waals surface area contributed by atoms with Crippen molar-refractivity contribution in [1.29, 1.82) is 0 Å². The quantitative estimate of drug-likeness (QED) is 0.378. The van der Waals surface area contributed by atoms with E-state index in [1.165, 1.54) is 0 Å². The van der Waals surface area contributed by atoms with Crippen LogP contribution in [0.15, 0.2) is 77.3 Å². The third-order valence-electron chi connectivity index (χ3n) is 5.18. The van der Waals surface area contributed by atoms with E-state index in [0.717, 1.165) is 32.7 Å². The number of hydrogen-bond donors (Lipinski definition) is 0. The van der Waals surface area contributed by atoms with Crippen molar-refractivity contribution in [3.05, 3.63) is 88.4 Å². The molecule has 0 N–H and O–H groups in total. The molecule has 2 saturated heterocycles. The van der Waals surface area contributed by atoms with E-state index in [2.05, 4.69) is 81.5 Å². The zero-order chi connectivity index (χ0) is 22.3. The first-order valence-corrected chi connectivity index (χ1v) is 11.8. The van der Waals surface area contributed by atoms with Crippen LogP contribution in [-0.4, -0.2) is 26.4 Å². The molecule has 2 fully saturated rings. The molecule has 0 saturated carbocycles. The third kappa shape index (κ3) is 5.22. The fourth-order valence-corrected chi connectivity index (χ4v) is 3.96. The zero-order valence-corrected chi connectivity index (χ0v) is 20.0. The molecule has 0 aliphatic carbocycles. The van der Waals surface area contributed by atoms with Gasteiger partial charge in [0.05, 0.1) is 26.4 Å². The Kier molecular flexibility index (Phi) is 7.95. The monoisotopic (exact) mass is 497 g/mol. The third-order valence-corrected chi connectivity index (χ3v) is 5.70. The standard InChI is InChI=1S/C24H22BrNO4.C2H6/c25-19-5-11-22(12-6-19)26(20-7-1-17(2-8-20)23-27-13-14-28-23)21-9-3-18(4-10-21)24-29-15-16-30-24;1-2/h1-12,23-24H,13-16H2;1-2H3. The summed E-state index contributed by atoms with van der Waals surface area (Å²) in [6.45, 7) is 6.55. The van der Waals surface area contributed by atoms with Crippen LogP contribution >= 0.6 is 15.9 Å². The minimum atomic E-state index is -0.272. The number of nitrogens with zero attached hydrogens (tertiary/aromatic N) is 1. The van der Waals surface area contributed by atoms with Gasteiger partial charge in [-0.25, -0.2) is 0 Å². The second-order valence-electron chi connectivity index (χ2n) is 7.14. The van der Waals surface area contributed by atoms with Crippen LogP contribution in [0.2, 0.25) is 0 Å². The van der Waals surface area contributed by atoms with E-state index in [-0.39, 0.29) is 12.6 Å². The normalized spacial score (nSPS) is 16.6. The Morgan fingerprint density at radius 1 is 0.562 bits per heavy atom. The van der Waals surface area contributed by atoms with Gasteiger partial charge in [0.25, 0.3) is 0 Å². The lowest BCUT2D eigenvalue weighted by molar-refractivity contribution is -0.0442. The maximum Gasteiger partial charge on any atom is 0.184 e.